The molecule has 0 aromatic heterocycles. The molecule has 5 rings (SSSR count). The van der Waals surface area contributed by atoms with E-state index in [1.807, 2.05) is 73.6 Å². The summed E-state index contributed by atoms with van der Waals surface area (Å²) >= 11 is 6.34. The number of rotatable bonds is 4. The van der Waals surface area contributed by atoms with Crippen molar-refractivity contribution in [3.05, 3.63) is 82.9 Å². The summed E-state index contributed by atoms with van der Waals surface area (Å²) in [6.07, 6.45) is 1.68. The fourth-order valence-electron chi connectivity index (χ4n) is 4.81. The second-order valence-electron chi connectivity index (χ2n) is 9.19. The average Bonchev–Trinajstić information content (AvgIpc) is 3.29. The van der Waals surface area contributed by atoms with Gasteiger partial charge in [0.2, 0.25) is 5.91 Å². The SMILES string of the molecule is CN(C)c1ccc(CC(=O)N2CCC[C@@H]2C(=O)N2c3cc(Cl)ccc3COc3ccccc32)cc1. The van der Waals surface area contributed by atoms with Gasteiger partial charge in [-0.3, -0.25) is 14.5 Å². The number of amides is 2. The number of carbonyl (C=O) groups is 2. The number of anilines is 3. The van der Waals surface area contributed by atoms with Crippen molar-refractivity contribution in [2.24, 2.45) is 0 Å². The van der Waals surface area contributed by atoms with Crippen molar-refractivity contribution in [2.75, 3.05) is 30.4 Å². The molecule has 2 amide bonds. The predicted octanol–water partition coefficient (Wildman–Crippen LogP) is 5.20. The number of benzene rings is 3. The smallest absolute Gasteiger partial charge is 0.254 e. The van der Waals surface area contributed by atoms with Crippen LogP contribution in [0.25, 0.3) is 0 Å². The van der Waals surface area contributed by atoms with Gasteiger partial charge in [0.25, 0.3) is 5.91 Å². The number of hydrogen-bond donors (Lipinski definition) is 0. The maximum absolute atomic E-state index is 14.1. The van der Waals surface area contributed by atoms with Gasteiger partial charge in [0.1, 0.15) is 18.4 Å². The second kappa shape index (κ2) is 9.62. The molecule has 0 aliphatic carbocycles. The van der Waals surface area contributed by atoms with Gasteiger partial charge < -0.3 is 14.5 Å². The number of likely N-dealkylation sites (tertiary alicyclic amines) is 1. The molecule has 1 atom stereocenters. The van der Waals surface area contributed by atoms with Crippen molar-refractivity contribution in [3.8, 4) is 5.75 Å². The molecule has 0 bridgehead atoms. The number of ether oxygens (including phenoxy) is 1. The van der Waals surface area contributed by atoms with Crippen LogP contribution in [0.15, 0.2) is 66.7 Å². The molecule has 1 saturated heterocycles. The minimum atomic E-state index is -0.540. The van der Waals surface area contributed by atoms with Crippen molar-refractivity contribution in [2.45, 2.75) is 31.9 Å². The monoisotopic (exact) mass is 489 g/mol. The molecule has 7 heteroatoms. The zero-order valence-corrected chi connectivity index (χ0v) is 20.7. The third-order valence-electron chi connectivity index (χ3n) is 6.66. The Hall–Kier alpha value is -3.51. The maximum atomic E-state index is 14.1. The van der Waals surface area contributed by atoms with E-state index in [4.69, 9.17) is 16.3 Å². The van der Waals surface area contributed by atoms with Gasteiger partial charge in [-0.25, -0.2) is 0 Å². The molecule has 3 aromatic carbocycles. The fraction of sp³-hybridized carbons (Fsp3) is 0.286. The van der Waals surface area contributed by atoms with Gasteiger partial charge in [-0.15, -0.1) is 0 Å². The van der Waals surface area contributed by atoms with Crippen molar-refractivity contribution in [3.63, 3.8) is 0 Å². The normalized spacial score (nSPS) is 16.7. The second-order valence-corrected chi connectivity index (χ2v) is 9.62. The van der Waals surface area contributed by atoms with Crippen LogP contribution in [0.5, 0.6) is 5.75 Å². The lowest BCUT2D eigenvalue weighted by atomic mass is 10.1. The van der Waals surface area contributed by atoms with Gasteiger partial charge in [-0.1, -0.05) is 41.9 Å². The van der Waals surface area contributed by atoms with E-state index in [0.717, 1.165) is 23.2 Å². The molecule has 0 spiro atoms. The highest BCUT2D eigenvalue weighted by Gasteiger charge is 2.39. The molecular weight excluding hydrogens is 462 g/mol. The van der Waals surface area contributed by atoms with Crippen molar-refractivity contribution in [1.82, 2.24) is 4.90 Å². The molecule has 0 N–H and O–H groups in total. The Morgan fingerprint density at radius 1 is 1.03 bits per heavy atom. The van der Waals surface area contributed by atoms with Crippen LogP contribution >= 0.6 is 11.6 Å². The Labute approximate surface area is 210 Å². The molecule has 35 heavy (non-hydrogen) atoms. The quantitative estimate of drug-likeness (QED) is 0.505. The molecule has 0 radical (unpaired) electrons. The van der Waals surface area contributed by atoms with Gasteiger partial charge >= 0.3 is 0 Å². The predicted molar refractivity (Wildman–Crippen MR) is 139 cm³/mol. The summed E-state index contributed by atoms with van der Waals surface area (Å²) in [6.45, 7) is 0.906. The van der Waals surface area contributed by atoms with Crippen LogP contribution in [0.3, 0.4) is 0 Å². The molecule has 2 heterocycles. The average molecular weight is 490 g/mol. The lowest BCUT2D eigenvalue weighted by molar-refractivity contribution is -0.136. The van der Waals surface area contributed by atoms with Gasteiger partial charge in [0.15, 0.2) is 0 Å². The van der Waals surface area contributed by atoms with Gasteiger partial charge in [0.05, 0.1) is 17.8 Å². The van der Waals surface area contributed by atoms with Crippen LogP contribution in [-0.2, 0) is 22.6 Å². The number of carbonyl (C=O) groups excluding carboxylic acids is 2. The van der Waals surface area contributed by atoms with E-state index in [1.54, 1.807) is 21.9 Å². The van der Waals surface area contributed by atoms with E-state index in [1.165, 1.54) is 0 Å². The van der Waals surface area contributed by atoms with E-state index < -0.39 is 6.04 Å². The number of fused-ring (bicyclic) bond motifs is 2. The first-order valence-electron chi connectivity index (χ1n) is 11.8. The van der Waals surface area contributed by atoms with Crippen LogP contribution in [-0.4, -0.2) is 43.4 Å². The van der Waals surface area contributed by atoms with Crippen LogP contribution in [0.1, 0.15) is 24.0 Å². The van der Waals surface area contributed by atoms with Crippen LogP contribution in [0.4, 0.5) is 17.1 Å². The van der Waals surface area contributed by atoms with E-state index in [9.17, 15) is 9.59 Å². The first-order chi connectivity index (χ1) is 16.9. The molecule has 2 aliphatic rings. The Balaban J connectivity index is 1.44. The highest BCUT2D eigenvalue weighted by atomic mass is 35.5. The summed E-state index contributed by atoms with van der Waals surface area (Å²) in [4.78, 5) is 32.9. The summed E-state index contributed by atoms with van der Waals surface area (Å²) in [5, 5.41) is 0.543. The van der Waals surface area contributed by atoms with E-state index >= 15 is 0 Å². The van der Waals surface area contributed by atoms with Crippen molar-refractivity contribution < 1.29 is 14.3 Å². The molecule has 6 nitrogen and oxygen atoms in total. The topological polar surface area (TPSA) is 53.1 Å². The number of hydrogen-bond acceptors (Lipinski definition) is 4. The summed E-state index contributed by atoms with van der Waals surface area (Å²) in [5.74, 6) is 0.453. The molecule has 2 aliphatic heterocycles. The molecule has 180 valence electrons. The van der Waals surface area contributed by atoms with Crippen LogP contribution < -0.4 is 14.5 Å². The van der Waals surface area contributed by atoms with Crippen LogP contribution in [0, 0.1) is 0 Å². The summed E-state index contributed by atoms with van der Waals surface area (Å²) in [5.41, 5.74) is 4.25. The zero-order chi connectivity index (χ0) is 24.5. The maximum Gasteiger partial charge on any atom is 0.254 e. The molecule has 0 unspecified atom stereocenters. The van der Waals surface area contributed by atoms with E-state index in [-0.39, 0.29) is 18.2 Å². The summed E-state index contributed by atoms with van der Waals surface area (Å²) in [6, 6.07) is 20.4. The summed E-state index contributed by atoms with van der Waals surface area (Å²) < 4.78 is 6.02. The first-order valence-corrected chi connectivity index (χ1v) is 12.2. The van der Waals surface area contributed by atoms with Gasteiger partial charge in [-0.05, 0) is 54.8 Å². The third kappa shape index (κ3) is 4.58. The highest BCUT2D eigenvalue weighted by molar-refractivity contribution is 6.31. The lowest BCUT2D eigenvalue weighted by Gasteiger charge is -2.31. The Morgan fingerprint density at radius 3 is 2.57 bits per heavy atom. The van der Waals surface area contributed by atoms with E-state index in [2.05, 4.69) is 0 Å². The number of halogens is 1. The Bertz CT molecular complexity index is 1260. The van der Waals surface area contributed by atoms with Crippen molar-refractivity contribution >= 4 is 40.5 Å². The molecular formula is C28H28ClN3O3. The lowest BCUT2D eigenvalue weighted by Crippen LogP contribution is -2.47. The molecule has 3 aromatic rings. The zero-order valence-electron chi connectivity index (χ0n) is 19.9. The molecule has 0 saturated carbocycles. The minimum Gasteiger partial charge on any atom is -0.487 e. The first kappa shape index (κ1) is 23.2. The third-order valence-corrected chi connectivity index (χ3v) is 6.90. The van der Waals surface area contributed by atoms with Gasteiger partial charge in [0, 0.05) is 36.9 Å². The van der Waals surface area contributed by atoms with Gasteiger partial charge in [-0.2, -0.15) is 0 Å². The Morgan fingerprint density at radius 2 is 1.80 bits per heavy atom. The van der Waals surface area contributed by atoms with E-state index in [0.29, 0.717) is 41.7 Å². The highest BCUT2D eigenvalue weighted by Crippen LogP contribution is 2.41. The number of nitrogens with zero attached hydrogens (tertiary/aromatic N) is 3. The molecule has 1 fully saturated rings. The summed E-state index contributed by atoms with van der Waals surface area (Å²) in [7, 11) is 3.97. The van der Waals surface area contributed by atoms with Crippen molar-refractivity contribution in [1.29, 1.82) is 0 Å². The number of para-hydroxylation sites is 2. The fourth-order valence-corrected chi connectivity index (χ4v) is 4.98. The largest absolute Gasteiger partial charge is 0.487 e. The van der Waals surface area contributed by atoms with Crippen LogP contribution in [0.2, 0.25) is 5.02 Å². The Kier molecular flexibility index (Phi) is 6.39. The minimum absolute atomic E-state index is 0.0378. The standard InChI is InChI=1S/C28H28ClN3O3/c1-30(2)22-13-9-19(10-14-22)16-27(33)31-15-5-7-24(31)28(34)32-23-6-3-4-8-26(23)35-18-20-11-12-21(29)17-25(20)32/h3-4,6,8-14,17,24H,5,7,15-16,18H2,1-2H3/t24-/m1/s1.